The summed E-state index contributed by atoms with van der Waals surface area (Å²) in [4.78, 5) is 24.9. The highest BCUT2D eigenvalue weighted by molar-refractivity contribution is 5.90. The summed E-state index contributed by atoms with van der Waals surface area (Å²) in [6.45, 7) is 2.13. The Morgan fingerprint density at radius 1 is 1.39 bits per heavy atom. The van der Waals surface area contributed by atoms with Gasteiger partial charge in [0.2, 0.25) is 0 Å². The molecule has 0 aliphatic rings. The third kappa shape index (κ3) is 2.13. The molecule has 0 atom stereocenters. The van der Waals surface area contributed by atoms with Crippen LogP contribution in [0.1, 0.15) is 21.6 Å². The lowest BCUT2D eigenvalue weighted by Crippen LogP contribution is -2.21. The number of aromatic carboxylic acids is 1. The van der Waals surface area contributed by atoms with Crippen LogP contribution in [0.5, 0.6) is 0 Å². The minimum atomic E-state index is -1.22. The summed E-state index contributed by atoms with van der Waals surface area (Å²) in [7, 11) is 0. The van der Waals surface area contributed by atoms with Crippen LogP contribution >= 0.6 is 0 Å². The maximum Gasteiger partial charge on any atom is 0.356 e. The summed E-state index contributed by atoms with van der Waals surface area (Å²) in [5.41, 5.74) is 6.67. The molecule has 0 radical (unpaired) electrons. The van der Waals surface area contributed by atoms with E-state index >= 15 is 0 Å². The highest BCUT2D eigenvalue weighted by Gasteiger charge is 2.18. The first-order valence-corrected chi connectivity index (χ1v) is 5.36. The maximum absolute atomic E-state index is 11.6. The molecule has 1 heterocycles. The average Bonchev–Trinajstić information content (AvgIpc) is 2.57. The number of nitrogens with two attached hydrogens (primary N) is 1. The zero-order chi connectivity index (χ0) is 13.3. The molecule has 1 aromatic heterocycles. The number of hydrogen-bond acceptors (Lipinski definition) is 3. The number of carboxylic acid groups (broad SMARTS) is 1. The van der Waals surface area contributed by atoms with Crippen molar-refractivity contribution in [1.82, 2.24) is 9.55 Å². The quantitative estimate of drug-likeness (QED) is 0.747. The fraction of sp³-hybridized carbons (Fsp3) is 0.167. The van der Waals surface area contributed by atoms with Crippen LogP contribution in [0, 0.1) is 6.92 Å². The second-order valence-corrected chi connectivity index (χ2v) is 4.07. The van der Waals surface area contributed by atoms with Crippen molar-refractivity contribution in [3.63, 3.8) is 0 Å². The number of carboxylic acids is 1. The Bertz CT molecular complexity index is 638. The number of rotatable bonds is 3. The molecule has 0 unspecified atom stereocenters. The topological polar surface area (TPSA) is 101 Å². The molecule has 1 aromatic carbocycles. The highest BCUT2D eigenvalue weighted by Crippen LogP contribution is 2.10. The predicted octanol–water partition coefficient (Wildman–Crippen LogP) is 0.814. The average molecular weight is 247 g/mol. The van der Waals surface area contributed by atoms with Gasteiger partial charge in [0.1, 0.15) is 5.82 Å². The molecule has 2 rings (SSSR count). The molecule has 6 heteroatoms. The fourth-order valence-corrected chi connectivity index (χ4v) is 1.75. The Labute approximate surface area is 103 Å². The molecule has 0 bridgehead atoms. The predicted molar refractivity (Wildman–Crippen MR) is 66.7 cm³/mol. The number of anilines is 1. The van der Waals surface area contributed by atoms with E-state index in [1.165, 1.54) is 0 Å². The van der Waals surface area contributed by atoms with Gasteiger partial charge in [0.15, 0.2) is 5.69 Å². The Balaban J connectivity index is 2.43. The molecule has 0 fully saturated rings. The Kier molecular flexibility index (Phi) is 2.93. The minimum Gasteiger partial charge on any atom is -0.476 e. The first-order valence-electron chi connectivity index (χ1n) is 5.36. The van der Waals surface area contributed by atoms with Gasteiger partial charge in [-0.1, -0.05) is 29.8 Å². The minimum absolute atomic E-state index is 0.125. The Morgan fingerprint density at radius 3 is 2.56 bits per heavy atom. The van der Waals surface area contributed by atoms with Crippen LogP contribution in [-0.4, -0.2) is 20.6 Å². The Morgan fingerprint density at radius 2 is 2.00 bits per heavy atom. The van der Waals surface area contributed by atoms with Gasteiger partial charge in [0.25, 0.3) is 0 Å². The molecule has 94 valence electrons. The van der Waals surface area contributed by atoms with Crippen molar-refractivity contribution in [3.8, 4) is 0 Å². The zero-order valence-electron chi connectivity index (χ0n) is 9.80. The number of nitrogen functional groups attached to an aromatic ring is 1. The van der Waals surface area contributed by atoms with E-state index in [0.717, 1.165) is 15.7 Å². The van der Waals surface area contributed by atoms with E-state index in [0.29, 0.717) is 0 Å². The van der Waals surface area contributed by atoms with Gasteiger partial charge >= 0.3 is 11.7 Å². The molecule has 0 aliphatic heterocycles. The van der Waals surface area contributed by atoms with Crippen molar-refractivity contribution in [2.24, 2.45) is 0 Å². The number of aromatic amines is 1. The van der Waals surface area contributed by atoms with Gasteiger partial charge in [0, 0.05) is 0 Å². The molecular formula is C12H13N3O3. The van der Waals surface area contributed by atoms with Gasteiger partial charge in [0.05, 0.1) is 6.54 Å². The summed E-state index contributed by atoms with van der Waals surface area (Å²) in [5.74, 6) is -1.35. The van der Waals surface area contributed by atoms with Crippen LogP contribution in [-0.2, 0) is 6.54 Å². The number of H-pyrrole nitrogens is 1. The summed E-state index contributed by atoms with van der Waals surface area (Å²) >= 11 is 0. The van der Waals surface area contributed by atoms with E-state index in [4.69, 9.17) is 10.8 Å². The SMILES string of the molecule is Cc1ccc(Cn2c(C(=O)O)c(N)[nH]c2=O)cc1. The monoisotopic (exact) mass is 247 g/mol. The van der Waals surface area contributed by atoms with Crippen LogP contribution < -0.4 is 11.4 Å². The molecule has 4 N–H and O–H groups in total. The van der Waals surface area contributed by atoms with Crippen molar-refractivity contribution < 1.29 is 9.90 Å². The van der Waals surface area contributed by atoms with E-state index in [-0.39, 0.29) is 18.1 Å². The Hall–Kier alpha value is -2.50. The van der Waals surface area contributed by atoms with Crippen molar-refractivity contribution in [2.45, 2.75) is 13.5 Å². The molecule has 0 spiro atoms. The second-order valence-electron chi connectivity index (χ2n) is 4.07. The molecule has 0 saturated carbocycles. The smallest absolute Gasteiger partial charge is 0.356 e. The number of hydrogen-bond donors (Lipinski definition) is 3. The number of benzene rings is 1. The number of aryl methyl sites for hydroxylation is 1. The summed E-state index contributed by atoms with van der Waals surface area (Å²) < 4.78 is 1.11. The molecule has 0 aliphatic carbocycles. The van der Waals surface area contributed by atoms with E-state index < -0.39 is 11.7 Å². The van der Waals surface area contributed by atoms with Crippen LogP contribution in [0.3, 0.4) is 0 Å². The lowest BCUT2D eigenvalue weighted by atomic mass is 10.1. The standard InChI is InChI=1S/C12H13N3O3/c1-7-2-4-8(5-3-7)6-15-9(11(16)17)10(13)14-12(15)18/h2-5H,6,13H2,1H3,(H,14,18)(H,16,17). The van der Waals surface area contributed by atoms with Crippen LogP contribution in [0.25, 0.3) is 0 Å². The van der Waals surface area contributed by atoms with E-state index in [2.05, 4.69) is 4.98 Å². The highest BCUT2D eigenvalue weighted by atomic mass is 16.4. The first-order chi connectivity index (χ1) is 8.49. The molecule has 0 amide bonds. The van der Waals surface area contributed by atoms with Crippen molar-refractivity contribution in [1.29, 1.82) is 0 Å². The van der Waals surface area contributed by atoms with Crippen LogP contribution in [0.15, 0.2) is 29.1 Å². The molecule has 6 nitrogen and oxygen atoms in total. The zero-order valence-corrected chi connectivity index (χ0v) is 9.80. The number of aromatic nitrogens is 2. The third-order valence-corrected chi connectivity index (χ3v) is 2.68. The van der Waals surface area contributed by atoms with Gasteiger partial charge in [-0.3, -0.25) is 9.55 Å². The molecule has 2 aromatic rings. The molecular weight excluding hydrogens is 234 g/mol. The van der Waals surface area contributed by atoms with Gasteiger partial charge in [-0.25, -0.2) is 9.59 Å². The van der Waals surface area contributed by atoms with E-state index in [9.17, 15) is 9.59 Å². The first kappa shape index (κ1) is 12.0. The lowest BCUT2D eigenvalue weighted by molar-refractivity contribution is 0.0686. The number of carbonyl (C=O) groups is 1. The fourth-order valence-electron chi connectivity index (χ4n) is 1.75. The van der Waals surface area contributed by atoms with Gasteiger partial charge in [-0.05, 0) is 12.5 Å². The number of nitrogens with zero attached hydrogens (tertiary/aromatic N) is 1. The van der Waals surface area contributed by atoms with Gasteiger partial charge in [-0.2, -0.15) is 0 Å². The van der Waals surface area contributed by atoms with Crippen LogP contribution in [0.2, 0.25) is 0 Å². The largest absolute Gasteiger partial charge is 0.476 e. The maximum atomic E-state index is 11.6. The molecule has 0 saturated heterocycles. The van der Waals surface area contributed by atoms with E-state index in [1.54, 1.807) is 0 Å². The second kappa shape index (κ2) is 4.40. The summed E-state index contributed by atoms with van der Waals surface area (Å²) in [5, 5.41) is 9.02. The van der Waals surface area contributed by atoms with E-state index in [1.807, 2.05) is 31.2 Å². The summed E-state index contributed by atoms with van der Waals surface area (Å²) in [6.07, 6.45) is 0. The normalized spacial score (nSPS) is 10.5. The lowest BCUT2D eigenvalue weighted by Gasteiger charge is -2.05. The van der Waals surface area contributed by atoms with Crippen LogP contribution in [0.4, 0.5) is 5.82 Å². The number of imidazole rings is 1. The molecule has 18 heavy (non-hydrogen) atoms. The van der Waals surface area contributed by atoms with Crippen molar-refractivity contribution in [2.75, 3.05) is 5.73 Å². The number of nitrogens with one attached hydrogen (secondary N) is 1. The van der Waals surface area contributed by atoms with Crippen molar-refractivity contribution in [3.05, 3.63) is 51.6 Å². The third-order valence-electron chi connectivity index (χ3n) is 2.68. The van der Waals surface area contributed by atoms with Gasteiger partial charge < -0.3 is 10.8 Å². The van der Waals surface area contributed by atoms with Gasteiger partial charge in [-0.15, -0.1) is 0 Å². The summed E-state index contributed by atoms with van der Waals surface area (Å²) in [6, 6.07) is 7.49. The van der Waals surface area contributed by atoms with Crippen molar-refractivity contribution >= 4 is 11.8 Å².